The summed E-state index contributed by atoms with van der Waals surface area (Å²) >= 11 is 5.99. The van der Waals surface area contributed by atoms with E-state index < -0.39 is 0 Å². The van der Waals surface area contributed by atoms with Gasteiger partial charge in [0.2, 0.25) is 0 Å². The van der Waals surface area contributed by atoms with Crippen molar-refractivity contribution in [2.24, 2.45) is 0 Å². The van der Waals surface area contributed by atoms with E-state index >= 15 is 0 Å². The zero-order valence-corrected chi connectivity index (χ0v) is 11.6. The van der Waals surface area contributed by atoms with Gasteiger partial charge in [0, 0.05) is 11.8 Å². The van der Waals surface area contributed by atoms with Crippen molar-refractivity contribution in [2.45, 2.75) is 20.0 Å². The van der Waals surface area contributed by atoms with Crippen LogP contribution < -0.4 is 9.47 Å². The number of para-hydroxylation sites is 2. The van der Waals surface area contributed by atoms with Gasteiger partial charge < -0.3 is 9.47 Å². The monoisotopic (exact) mass is 277 g/mol. The van der Waals surface area contributed by atoms with E-state index in [0.717, 1.165) is 23.5 Å². The molecule has 0 aliphatic carbocycles. The SMILES string of the molecule is CCCOc1ccccc1OCc1cccnc1Cl. The summed E-state index contributed by atoms with van der Waals surface area (Å²) in [5.41, 5.74) is 0.856. The number of hydrogen-bond donors (Lipinski definition) is 0. The van der Waals surface area contributed by atoms with Gasteiger partial charge in [0.05, 0.1) is 6.61 Å². The summed E-state index contributed by atoms with van der Waals surface area (Å²) in [6.45, 7) is 3.12. The highest BCUT2D eigenvalue weighted by atomic mass is 35.5. The summed E-state index contributed by atoms with van der Waals surface area (Å²) in [5, 5.41) is 0.467. The molecule has 3 nitrogen and oxygen atoms in total. The summed E-state index contributed by atoms with van der Waals surface area (Å²) in [7, 11) is 0. The van der Waals surface area contributed by atoms with Crippen LogP contribution in [0.1, 0.15) is 18.9 Å². The van der Waals surface area contributed by atoms with Crippen LogP contribution in [0.25, 0.3) is 0 Å². The third-order valence-corrected chi connectivity index (χ3v) is 2.87. The van der Waals surface area contributed by atoms with Crippen LogP contribution in [0, 0.1) is 0 Å². The van der Waals surface area contributed by atoms with Crippen molar-refractivity contribution >= 4 is 11.6 Å². The third kappa shape index (κ3) is 3.86. The third-order valence-electron chi connectivity index (χ3n) is 2.53. The molecular weight excluding hydrogens is 262 g/mol. The second kappa shape index (κ2) is 7.00. The maximum atomic E-state index is 5.99. The molecule has 0 aliphatic rings. The Morgan fingerprint density at radius 1 is 1.05 bits per heavy atom. The van der Waals surface area contributed by atoms with E-state index in [0.29, 0.717) is 18.4 Å². The molecule has 0 bridgehead atoms. The number of rotatable bonds is 6. The van der Waals surface area contributed by atoms with Crippen LogP contribution in [-0.4, -0.2) is 11.6 Å². The highest BCUT2D eigenvalue weighted by molar-refractivity contribution is 6.30. The molecule has 0 amide bonds. The lowest BCUT2D eigenvalue weighted by molar-refractivity contribution is 0.261. The van der Waals surface area contributed by atoms with Gasteiger partial charge in [0.25, 0.3) is 0 Å². The largest absolute Gasteiger partial charge is 0.490 e. The predicted molar refractivity (Wildman–Crippen MR) is 75.8 cm³/mol. The molecule has 1 heterocycles. The van der Waals surface area contributed by atoms with Crippen LogP contribution in [-0.2, 0) is 6.61 Å². The van der Waals surface area contributed by atoms with Crippen LogP contribution in [0.3, 0.4) is 0 Å². The molecule has 0 unspecified atom stereocenters. The van der Waals surface area contributed by atoms with Crippen molar-refractivity contribution in [1.82, 2.24) is 4.98 Å². The van der Waals surface area contributed by atoms with Gasteiger partial charge in [-0.15, -0.1) is 0 Å². The number of pyridine rings is 1. The number of halogens is 1. The van der Waals surface area contributed by atoms with E-state index in [9.17, 15) is 0 Å². The minimum absolute atomic E-state index is 0.374. The fourth-order valence-electron chi connectivity index (χ4n) is 1.58. The first-order valence-electron chi connectivity index (χ1n) is 6.25. The average molecular weight is 278 g/mol. The number of hydrogen-bond acceptors (Lipinski definition) is 3. The Labute approximate surface area is 118 Å². The van der Waals surface area contributed by atoms with Gasteiger partial charge in [-0.05, 0) is 24.6 Å². The molecule has 2 aromatic rings. The van der Waals surface area contributed by atoms with E-state index in [2.05, 4.69) is 11.9 Å². The lowest BCUT2D eigenvalue weighted by atomic mass is 10.3. The van der Waals surface area contributed by atoms with Crippen LogP contribution in [0.4, 0.5) is 0 Å². The standard InChI is InChI=1S/C15H16ClNO2/c1-2-10-18-13-7-3-4-8-14(13)19-11-12-6-5-9-17-15(12)16/h3-9H,2,10-11H2,1H3. The Hall–Kier alpha value is -1.74. The Morgan fingerprint density at radius 2 is 1.79 bits per heavy atom. The maximum Gasteiger partial charge on any atom is 0.161 e. The first kappa shape index (κ1) is 13.7. The molecule has 0 saturated carbocycles. The fourth-order valence-corrected chi connectivity index (χ4v) is 1.76. The molecule has 0 fully saturated rings. The smallest absolute Gasteiger partial charge is 0.161 e. The normalized spacial score (nSPS) is 10.2. The Bertz CT molecular complexity index is 531. The maximum absolute atomic E-state index is 5.99. The van der Waals surface area contributed by atoms with E-state index in [1.54, 1.807) is 6.20 Å². The van der Waals surface area contributed by atoms with Gasteiger partial charge in [-0.2, -0.15) is 0 Å². The molecular formula is C15H16ClNO2. The molecule has 0 N–H and O–H groups in total. The van der Waals surface area contributed by atoms with Crippen LogP contribution in [0.2, 0.25) is 5.15 Å². The summed E-state index contributed by atoms with van der Waals surface area (Å²) in [6.07, 6.45) is 2.62. The van der Waals surface area contributed by atoms with E-state index in [1.807, 2.05) is 36.4 Å². The van der Waals surface area contributed by atoms with E-state index in [1.165, 1.54) is 0 Å². The minimum atomic E-state index is 0.374. The molecule has 1 aromatic heterocycles. The molecule has 0 atom stereocenters. The van der Waals surface area contributed by atoms with Crippen LogP contribution >= 0.6 is 11.6 Å². The quantitative estimate of drug-likeness (QED) is 0.745. The van der Waals surface area contributed by atoms with Gasteiger partial charge in [0.1, 0.15) is 11.8 Å². The van der Waals surface area contributed by atoms with Crippen LogP contribution in [0.15, 0.2) is 42.6 Å². The summed E-state index contributed by atoms with van der Waals surface area (Å²) in [6, 6.07) is 11.4. The fraction of sp³-hybridized carbons (Fsp3) is 0.267. The average Bonchev–Trinajstić information content (AvgIpc) is 2.45. The van der Waals surface area contributed by atoms with Gasteiger partial charge in [-0.3, -0.25) is 0 Å². The summed E-state index contributed by atoms with van der Waals surface area (Å²) in [4.78, 5) is 4.02. The zero-order valence-electron chi connectivity index (χ0n) is 10.8. The molecule has 0 aliphatic heterocycles. The van der Waals surface area contributed by atoms with E-state index in [4.69, 9.17) is 21.1 Å². The molecule has 0 saturated heterocycles. The van der Waals surface area contributed by atoms with Crippen molar-refractivity contribution in [3.8, 4) is 11.5 Å². The van der Waals surface area contributed by atoms with Gasteiger partial charge in [-0.1, -0.05) is 36.7 Å². The first-order valence-corrected chi connectivity index (χ1v) is 6.63. The summed E-state index contributed by atoms with van der Waals surface area (Å²) < 4.78 is 11.4. The lowest BCUT2D eigenvalue weighted by Crippen LogP contribution is -2.01. The Kier molecular flexibility index (Phi) is 5.04. The molecule has 100 valence electrons. The lowest BCUT2D eigenvalue weighted by Gasteiger charge is -2.12. The number of aromatic nitrogens is 1. The minimum Gasteiger partial charge on any atom is -0.490 e. The van der Waals surface area contributed by atoms with Crippen molar-refractivity contribution in [2.75, 3.05) is 6.61 Å². The predicted octanol–water partition coefficient (Wildman–Crippen LogP) is 4.10. The highest BCUT2D eigenvalue weighted by Gasteiger charge is 2.06. The van der Waals surface area contributed by atoms with Crippen LogP contribution in [0.5, 0.6) is 11.5 Å². The zero-order chi connectivity index (χ0) is 13.5. The van der Waals surface area contributed by atoms with Crippen molar-refractivity contribution in [3.63, 3.8) is 0 Å². The Morgan fingerprint density at radius 3 is 2.47 bits per heavy atom. The van der Waals surface area contributed by atoms with Crippen molar-refractivity contribution in [1.29, 1.82) is 0 Å². The number of nitrogens with zero attached hydrogens (tertiary/aromatic N) is 1. The molecule has 0 spiro atoms. The van der Waals surface area contributed by atoms with Crippen molar-refractivity contribution < 1.29 is 9.47 Å². The second-order valence-corrected chi connectivity index (χ2v) is 4.40. The van der Waals surface area contributed by atoms with Gasteiger partial charge in [-0.25, -0.2) is 4.98 Å². The molecule has 19 heavy (non-hydrogen) atoms. The molecule has 1 aromatic carbocycles. The first-order chi connectivity index (χ1) is 9.31. The Balaban J connectivity index is 2.05. The number of benzene rings is 1. The van der Waals surface area contributed by atoms with E-state index in [-0.39, 0.29) is 0 Å². The molecule has 2 rings (SSSR count). The molecule has 0 radical (unpaired) electrons. The van der Waals surface area contributed by atoms with Gasteiger partial charge >= 0.3 is 0 Å². The van der Waals surface area contributed by atoms with Gasteiger partial charge in [0.15, 0.2) is 11.5 Å². The van der Waals surface area contributed by atoms with Crippen molar-refractivity contribution in [3.05, 3.63) is 53.3 Å². The number of ether oxygens (including phenoxy) is 2. The summed E-state index contributed by atoms with van der Waals surface area (Å²) in [5.74, 6) is 1.47. The second-order valence-electron chi connectivity index (χ2n) is 4.04. The topological polar surface area (TPSA) is 31.4 Å². The molecule has 4 heteroatoms. The highest BCUT2D eigenvalue weighted by Crippen LogP contribution is 2.27.